The van der Waals surface area contributed by atoms with E-state index in [0.29, 0.717) is 13.0 Å². The summed E-state index contributed by atoms with van der Waals surface area (Å²) in [5.74, 6) is 0.168. The molecule has 0 saturated heterocycles. The Morgan fingerprint density at radius 3 is 2.73 bits per heavy atom. The minimum Gasteiger partial charge on any atom is -0.464 e. The SMILES string of the molecule is O=C(Cc1coc2ccccc12)N1CCc2ccccc2C1. The summed E-state index contributed by atoms with van der Waals surface area (Å²) < 4.78 is 5.52. The van der Waals surface area contributed by atoms with E-state index in [1.54, 1.807) is 6.26 Å². The standard InChI is InChI=1S/C19H17NO2/c21-19(11-16-13-22-18-8-4-3-7-17(16)18)20-10-9-14-5-1-2-6-15(14)12-20/h1-8,13H,9-12H2. The molecular formula is C19H17NO2. The lowest BCUT2D eigenvalue weighted by Crippen LogP contribution is -2.36. The van der Waals surface area contributed by atoms with Crippen molar-refractivity contribution in [1.82, 2.24) is 4.90 Å². The van der Waals surface area contributed by atoms with E-state index in [1.807, 2.05) is 35.2 Å². The summed E-state index contributed by atoms with van der Waals surface area (Å²) in [5.41, 5.74) is 4.44. The molecule has 0 unspecified atom stereocenters. The zero-order valence-corrected chi connectivity index (χ0v) is 12.3. The van der Waals surface area contributed by atoms with E-state index in [2.05, 4.69) is 18.2 Å². The Balaban J connectivity index is 1.54. The van der Waals surface area contributed by atoms with E-state index in [1.165, 1.54) is 11.1 Å². The monoisotopic (exact) mass is 291 g/mol. The summed E-state index contributed by atoms with van der Waals surface area (Å²) in [5, 5.41) is 1.04. The van der Waals surface area contributed by atoms with Gasteiger partial charge in [-0.05, 0) is 23.6 Å². The van der Waals surface area contributed by atoms with E-state index >= 15 is 0 Å². The first-order valence-electron chi connectivity index (χ1n) is 7.61. The molecule has 1 amide bonds. The molecule has 0 atom stereocenters. The van der Waals surface area contributed by atoms with Gasteiger partial charge in [0.15, 0.2) is 0 Å². The minimum absolute atomic E-state index is 0.168. The van der Waals surface area contributed by atoms with E-state index in [-0.39, 0.29) is 5.91 Å². The molecule has 0 N–H and O–H groups in total. The van der Waals surface area contributed by atoms with Crippen LogP contribution in [0.3, 0.4) is 0 Å². The fourth-order valence-electron chi connectivity index (χ4n) is 3.15. The quantitative estimate of drug-likeness (QED) is 0.723. The molecule has 0 fully saturated rings. The zero-order chi connectivity index (χ0) is 14.9. The van der Waals surface area contributed by atoms with Crippen molar-refractivity contribution in [3.63, 3.8) is 0 Å². The van der Waals surface area contributed by atoms with Crippen LogP contribution < -0.4 is 0 Å². The Kier molecular flexibility index (Phi) is 3.19. The van der Waals surface area contributed by atoms with Gasteiger partial charge in [0, 0.05) is 24.0 Å². The predicted molar refractivity (Wildman–Crippen MR) is 85.5 cm³/mol. The number of fused-ring (bicyclic) bond motifs is 2. The molecule has 1 aliphatic heterocycles. The Morgan fingerprint density at radius 2 is 1.82 bits per heavy atom. The highest BCUT2D eigenvalue weighted by molar-refractivity contribution is 5.87. The molecule has 0 saturated carbocycles. The first-order valence-corrected chi connectivity index (χ1v) is 7.61. The second-order valence-corrected chi connectivity index (χ2v) is 5.77. The number of benzene rings is 2. The summed E-state index contributed by atoms with van der Waals surface area (Å²) in [4.78, 5) is 14.6. The topological polar surface area (TPSA) is 33.5 Å². The molecule has 3 nitrogen and oxygen atoms in total. The van der Waals surface area contributed by atoms with Gasteiger partial charge in [-0.1, -0.05) is 42.5 Å². The van der Waals surface area contributed by atoms with Crippen LogP contribution in [0.15, 0.2) is 59.2 Å². The molecule has 1 aromatic heterocycles. The largest absolute Gasteiger partial charge is 0.464 e. The zero-order valence-electron chi connectivity index (χ0n) is 12.3. The van der Waals surface area contributed by atoms with Crippen molar-refractivity contribution in [3.05, 3.63) is 71.5 Å². The highest BCUT2D eigenvalue weighted by Crippen LogP contribution is 2.23. The average molecular weight is 291 g/mol. The molecule has 2 aromatic carbocycles. The maximum atomic E-state index is 12.6. The van der Waals surface area contributed by atoms with Gasteiger partial charge >= 0.3 is 0 Å². The molecule has 0 radical (unpaired) electrons. The Labute approximate surface area is 129 Å². The molecule has 0 spiro atoms. The van der Waals surface area contributed by atoms with Crippen molar-refractivity contribution < 1.29 is 9.21 Å². The first kappa shape index (κ1) is 13.1. The highest BCUT2D eigenvalue weighted by atomic mass is 16.3. The van der Waals surface area contributed by atoms with Crippen LogP contribution in [0.1, 0.15) is 16.7 Å². The highest BCUT2D eigenvalue weighted by Gasteiger charge is 2.21. The third-order valence-corrected chi connectivity index (χ3v) is 4.39. The van der Waals surface area contributed by atoms with Gasteiger partial charge in [0.2, 0.25) is 5.91 Å². The van der Waals surface area contributed by atoms with E-state index < -0.39 is 0 Å². The van der Waals surface area contributed by atoms with Gasteiger partial charge in [0.05, 0.1) is 12.7 Å². The smallest absolute Gasteiger partial charge is 0.227 e. The number of para-hydroxylation sites is 1. The lowest BCUT2D eigenvalue weighted by atomic mass is 9.99. The molecular weight excluding hydrogens is 274 g/mol. The third kappa shape index (κ3) is 2.29. The van der Waals surface area contributed by atoms with Crippen LogP contribution in [-0.4, -0.2) is 17.4 Å². The van der Waals surface area contributed by atoms with Gasteiger partial charge in [-0.15, -0.1) is 0 Å². The summed E-state index contributed by atoms with van der Waals surface area (Å²) in [6, 6.07) is 16.2. The number of carbonyl (C=O) groups excluding carboxylic acids is 1. The first-order chi connectivity index (χ1) is 10.8. The number of amides is 1. The van der Waals surface area contributed by atoms with Crippen LogP contribution in [0.25, 0.3) is 11.0 Å². The van der Waals surface area contributed by atoms with Crippen molar-refractivity contribution in [1.29, 1.82) is 0 Å². The maximum Gasteiger partial charge on any atom is 0.227 e. The average Bonchev–Trinajstić information content (AvgIpc) is 2.97. The molecule has 22 heavy (non-hydrogen) atoms. The minimum atomic E-state index is 0.168. The van der Waals surface area contributed by atoms with Crippen molar-refractivity contribution in [2.45, 2.75) is 19.4 Å². The Morgan fingerprint density at radius 1 is 1.05 bits per heavy atom. The second-order valence-electron chi connectivity index (χ2n) is 5.77. The van der Waals surface area contributed by atoms with Gasteiger partial charge < -0.3 is 9.32 Å². The van der Waals surface area contributed by atoms with Crippen molar-refractivity contribution in [3.8, 4) is 0 Å². The lowest BCUT2D eigenvalue weighted by Gasteiger charge is -2.28. The van der Waals surface area contributed by atoms with Gasteiger partial charge in [0.1, 0.15) is 5.58 Å². The number of nitrogens with zero attached hydrogens (tertiary/aromatic N) is 1. The summed E-state index contributed by atoms with van der Waals surface area (Å²) >= 11 is 0. The molecule has 0 bridgehead atoms. The predicted octanol–water partition coefficient (Wildman–Crippen LogP) is 3.56. The molecule has 4 rings (SSSR count). The number of hydrogen-bond acceptors (Lipinski definition) is 2. The fraction of sp³-hybridized carbons (Fsp3) is 0.211. The second kappa shape index (κ2) is 5.34. The van der Waals surface area contributed by atoms with Crippen LogP contribution in [-0.2, 0) is 24.2 Å². The van der Waals surface area contributed by atoms with Crippen LogP contribution >= 0.6 is 0 Å². The fourth-order valence-corrected chi connectivity index (χ4v) is 3.15. The Bertz CT molecular complexity index is 834. The Hall–Kier alpha value is -2.55. The van der Waals surface area contributed by atoms with Gasteiger partial charge in [0.25, 0.3) is 0 Å². The molecule has 1 aliphatic rings. The van der Waals surface area contributed by atoms with E-state index in [9.17, 15) is 4.79 Å². The van der Waals surface area contributed by atoms with Gasteiger partial charge in [-0.25, -0.2) is 0 Å². The van der Waals surface area contributed by atoms with Crippen LogP contribution in [0.4, 0.5) is 0 Å². The maximum absolute atomic E-state index is 12.6. The normalized spacial score (nSPS) is 14.1. The van der Waals surface area contributed by atoms with Gasteiger partial charge in [-0.2, -0.15) is 0 Å². The molecule has 3 aromatic rings. The van der Waals surface area contributed by atoms with Crippen LogP contribution in [0.2, 0.25) is 0 Å². The summed E-state index contributed by atoms with van der Waals surface area (Å²) in [7, 11) is 0. The van der Waals surface area contributed by atoms with E-state index in [4.69, 9.17) is 4.42 Å². The molecule has 110 valence electrons. The molecule has 3 heteroatoms. The van der Waals surface area contributed by atoms with Crippen molar-refractivity contribution in [2.75, 3.05) is 6.54 Å². The van der Waals surface area contributed by atoms with Gasteiger partial charge in [-0.3, -0.25) is 4.79 Å². The number of furan rings is 1. The summed E-state index contributed by atoms with van der Waals surface area (Å²) in [6.45, 7) is 1.51. The van der Waals surface area contributed by atoms with Crippen molar-refractivity contribution >= 4 is 16.9 Å². The molecule has 0 aliphatic carbocycles. The van der Waals surface area contributed by atoms with Crippen molar-refractivity contribution in [2.24, 2.45) is 0 Å². The summed E-state index contributed by atoms with van der Waals surface area (Å²) in [6.07, 6.45) is 3.05. The lowest BCUT2D eigenvalue weighted by molar-refractivity contribution is -0.131. The van der Waals surface area contributed by atoms with E-state index in [0.717, 1.165) is 29.5 Å². The third-order valence-electron chi connectivity index (χ3n) is 4.39. The number of rotatable bonds is 2. The van der Waals surface area contributed by atoms with Crippen LogP contribution in [0.5, 0.6) is 0 Å². The number of hydrogen-bond donors (Lipinski definition) is 0. The molecule has 2 heterocycles. The van der Waals surface area contributed by atoms with Crippen LogP contribution in [0, 0.1) is 0 Å². The number of carbonyl (C=O) groups is 1.